The normalized spacial score (nSPS) is 22.0. The van der Waals surface area contributed by atoms with Crippen molar-refractivity contribution in [3.05, 3.63) is 29.3 Å². The van der Waals surface area contributed by atoms with Crippen molar-refractivity contribution in [2.24, 2.45) is 0 Å². The van der Waals surface area contributed by atoms with Gasteiger partial charge in [-0.15, -0.1) is 10.2 Å². The number of benzene rings is 1. The first-order valence-corrected chi connectivity index (χ1v) is 10.6. The fourth-order valence-corrected chi connectivity index (χ4v) is 4.67. The Hall–Kier alpha value is -2.32. The second kappa shape index (κ2) is 8.20. The average molecular weight is 399 g/mol. The Morgan fingerprint density at radius 2 is 2.00 bits per heavy atom. The number of fused-ring (bicyclic) bond motifs is 2. The summed E-state index contributed by atoms with van der Waals surface area (Å²) >= 11 is 0. The summed E-state index contributed by atoms with van der Waals surface area (Å²) in [5, 5.41) is 12.5. The molecule has 1 aromatic heterocycles. The number of aromatic nitrogens is 3. The first-order chi connectivity index (χ1) is 14.3. The van der Waals surface area contributed by atoms with Crippen LogP contribution in [0.15, 0.2) is 12.1 Å². The van der Waals surface area contributed by atoms with Crippen molar-refractivity contribution in [3.63, 3.8) is 0 Å². The molecule has 0 unspecified atom stereocenters. The van der Waals surface area contributed by atoms with Crippen LogP contribution in [0.4, 0.5) is 0 Å². The molecule has 0 saturated carbocycles. The van der Waals surface area contributed by atoms with E-state index in [1.807, 2.05) is 6.07 Å². The van der Waals surface area contributed by atoms with Gasteiger partial charge in [0.15, 0.2) is 11.5 Å². The van der Waals surface area contributed by atoms with Crippen LogP contribution < -0.4 is 19.5 Å². The standard InChI is InChI=1S/C21H29N5O3/c1-27-17-12-19-18(28-9-10-29-19)11-16(17)14-25-7-2-3-15(13-25)21-24-23-20-4-5-22-6-8-26(20)21/h11-12,15,22H,2-10,13-14H2,1H3/t15-/m0/s1. The van der Waals surface area contributed by atoms with E-state index in [1.165, 1.54) is 6.42 Å². The minimum atomic E-state index is 0.423. The number of piperidine rings is 1. The fraction of sp³-hybridized carbons (Fsp3) is 0.619. The van der Waals surface area contributed by atoms with Crippen LogP contribution in [0.2, 0.25) is 0 Å². The van der Waals surface area contributed by atoms with Gasteiger partial charge in [0.25, 0.3) is 0 Å². The van der Waals surface area contributed by atoms with Gasteiger partial charge in [-0.05, 0) is 25.5 Å². The van der Waals surface area contributed by atoms with E-state index in [0.29, 0.717) is 19.1 Å². The van der Waals surface area contributed by atoms with Crippen molar-refractivity contribution in [1.29, 1.82) is 0 Å². The lowest BCUT2D eigenvalue weighted by Crippen LogP contribution is -2.35. The largest absolute Gasteiger partial charge is 0.496 e. The van der Waals surface area contributed by atoms with Crippen LogP contribution in [0.5, 0.6) is 17.2 Å². The molecule has 3 aliphatic rings. The second-order valence-electron chi connectivity index (χ2n) is 8.01. The Balaban J connectivity index is 1.34. The second-order valence-corrected chi connectivity index (χ2v) is 8.01. The molecule has 156 valence electrons. The zero-order chi connectivity index (χ0) is 19.6. The highest BCUT2D eigenvalue weighted by Crippen LogP contribution is 2.38. The third-order valence-electron chi connectivity index (χ3n) is 6.10. The lowest BCUT2D eigenvalue weighted by molar-refractivity contribution is 0.168. The highest BCUT2D eigenvalue weighted by molar-refractivity contribution is 5.51. The van der Waals surface area contributed by atoms with E-state index in [0.717, 1.165) is 86.6 Å². The van der Waals surface area contributed by atoms with Crippen LogP contribution in [0, 0.1) is 0 Å². The van der Waals surface area contributed by atoms with Crippen LogP contribution >= 0.6 is 0 Å². The topological polar surface area (TPSA) is 73.7 Å². The van der Waals surface area contributed by atoms with E-state index in [1.54, 1.807) is 7.11 Å². The minimum Gasteiger partial charge on any atom is -0.496 e. The molecule has 0 bridgehead atoms. The van der Waals surface area contributed by atoms with Gasteiger partial charge in [-0.1, -0.05) is 0 Å². The maximum Gasteiger partial charge on any atom is 0.165 e. The van der Waals surface area contributed by atoms with E-state index in [2.05, 4.69) is 31.0 Å². The van der Waals surface area contributed by atoms with E-state index in [9.17, 15) is 0 Å². The zero-order valence-electron chi connectivity index (χ0n) is 17.0. The summed E-state index contributed by atoms with van der Waals surface area (Å²) in [5.74, 6) is 5.15. The minimum absolute atomic E-state index is 0.423. The number of nitrogens with one attached hydrogen (secondary N) is 1. The van der Waals surface area contributed by atoms with E-state index in [-0.39, 0.29) is 0 Å². The molecule has 8 heteroatoms. The Bertz CT molecular complexity index is 868. The highest BCUT2D eigenvalue weighted by Gasteiger charge is 2.28. The molecule has 4 heterocycles. The van der Waals surface area contributed by atoms with Crippen LogP contribution in [0.25, 0.3) is 0 Å². The summed E-state index contributed by atoms with van der Waals surface area (Å²) in [7, 11) is 1.72. The molecule has 3 aliphatic heterocycles. The predicted octanol–water partition coefficient (Wildman–Crippen LogP) is 1.58. The van der Waals surface area contributed by atoms with Gasteiger partial charge in [-0.3, -0.25) is 4.90 Å². The summed E-state index contributed by atoms with van der Waals surface area (Å²) in [4.78, 5) is 2.50. The van der Waals surface area contributed by atoms with Crippen molar-refractivity contribution in [1.82, 2.24) is 25.0 Å². The first kappa shape index (κ1) is 18.7. The third-order valence-corrected chi connectivity index (χ3v) is 6.10. The molecule has 0 spiro atoms. The van der Waals surface area contributed by atoms with Gasteiger partial charge in [0.05, 0.1) is 7.11 Å². The van der Waals surface area contributed by atoms with Gasteiger partial charge < -0.3 is 24.1 Å². The molecule has 8 nitrogen and oxygen atoms in total. The van der Waals surface area contributed by atoms with Crippen molar-refractivity contribution < 1.29 is 14.2 Å². The van der Waals surface area contributed by atoms with Gasteiger partial charge in [0.1, 0.15) is 30.6 Å². The molecule has 5 rings (SSSR count). The van der Waals surface area contributed by atoms with Gasteiger partial charge in [0, 0.05) is 56.7 Å². The monoisotopic (exact) mass is 399 g/mol. The summed E-state index contributed by atoms with van der Waals surface area (Å²) in [6.07, 6.45) is 3.29. The summed E-state index contributed by atoms with van der Waals surface area (Å²) in [5.41, 5.74) is 1.14. The summed E-state index contributed by atoms with van der Waals surface area (Å²) in [6.45, 7) is 7.02. The molecule has 0 aliphatic carbocycles. The van der Waals surface area contributed by atoms with Gasteiger partial charge in [0.2, 0.25) is 0 Å². The Labute approximate surface area is 171 Å². The molecule has 1 atom stereocenters. The number of hydrogen-bond acceptors (Lipinski definition) is 7. The zero-order valence-corrected chi connectivity index (χ0v) is 17.0. The summed E-state index contributed by atoms with van der Waals surface area (Å²) < 4.78 is 19.5. The number of ether oxygens (including phenoxy) is 3. The molecule has 1 N–H and O–H groups in total. The number of methoxy groups -OCH3 is 1. The molecule has 1 saturated heterocycles. The maximum absolute atomic E-state index is 5.78. The van der Waals surface area contributed by atoms with Crippen molar-refractivity contribution >= 4 is 0 Å². The first-order valence-electron chi connectivity index (χ1n) is 10.6. The molecule has 1 aromatic carbocycles. The maximum atomic E-state index is 5.78. The number of hydrogen-bond donors (Lipinski definition) is 1. The fourth-order valence-electron chi connectivity index (χ4n) is 4.67. The lowest BCUT2D eigenvalue weighted by atomic mass is 9.96. The molecule has 1 fully saturated rings. The number of rotatable bonds is 4. The quantitative estimate of drug-likeness (QED) is 0.837. The predicted molar refractivity (Wildman–Crippen MR) is 108 cm³/mol. The van der Waals surface area contributed by atoms with E-state index >= 15 is 0 Å². The van der Waals surface area contributed by atoms with E-state index < -0.39 is 0 Å². The average Bonchev–Trinajstić information content (AvgIpc) is 3.01. The van der Waals surface area contributed by atoms with Crippen LogP contribution in [-0.2, 0) is 19.5 Å². The molecule has 29 heavy (non-hydrogen) atoms. The van der Waals surface area contributed by atoms with Crippen LogP contribution in [-0.4, -0.2) is 66.2 Å². The van der Waals surface area contributed by atoms with Crippen LogP contribution in [0.3, 0.4) is 0 Å². The smallest absolute Gasteiger partial charge is 0.165 e. The van der Waals surface area contributed by atoms with Crippen molar-refractivity contribution in [2.75, 3.05) is 46.5 Å². The SMILES string of the molecule is COc1cc2c(cc1CN1CCC[C@H](c3nnc4n3CCNCC4)C1)OCCO2. The molecular formula is C21H29N5O3. The number of nitrogens with zero attached hydrogens (tertiary/aromatic N) is 4. The van der Waals surface area contributed by atoms with E-state index in [4.69, 9.17) is 14.2 Å². The molecular weight excluding hydrogens is 370 g/mol. The van der Waals surface area contributed by atoms with Gasteiger partial charge >= 0.3 is 0 Å². The van der Waals surface area contributed by atoms with Gasteiger partial charge in [-0.25, -0.2) is 0 Å². The Morgan fingerprint density at radius 1 is 1.14 bits per heavy atom. The van der Waals surface area contributed by atoms with Crippen LogP contribution in [0.1, 0.15) is 36.0 Å². The third kappa shape index (κ3) is 3.79. The number of likely N-dealkylation sites (tertiary alicyclic amines) is 1. The van der Waals surface area contributed by atoms with Gasteiger partial charge in [-0.2, -0.15) is 0 Å². The van der Waals surface area contributed by atoms with Crippen molar-refractivity contribution in [3.8, 4) is 17.2 Å². The lowest BCUT2D eigenvalue weighted by Gasteiger charge is -2.33. The molecule has 0 amide bonds. The Kier molecular flexibility index (Phi) is 5.28. The summed E-state index contributed by atoms with van der Waals surface area (Å²) in [6, 6.07) is 4.03. The highest BCUT2D eigenvalue weighted by atomic mass is 16.6. The molecule has 0 radical (unpaired) electrons. The van der Waals surface area contributed by atoms with Crippen molar-refractivity contribution in [2.45, 2.75) is 38.3 Å². The Morgan fingerprint density at radius 3 is 2.86 bits per heavy atom. The molecule has 2 aromatic rings.